The van der Waals surface area contributed by atoms with Gasteiger partial charge in [-0.15, -0.1) is 11.3 Å². The summed E-state index contributed by atoms with van der Waals surface area (Å²) in [6.07, 6.45) is 4.54. The molecule has 3 rings (SSSR count). The molecule has 1 aliphatic carbocycles. The maximum absolute atomic E-state index is 12.3. The number of aryl methyl sites for hydroxylation is 1. The highest BCUT2D eigenvalue weighted by atomic mass is 32.1. The van der Waals surface area contributed by atoms with E-state index in [9.17, 15) is 4.79 Å². The first kappa shape index (κ1) is 15.3. The van der Waals surface area contributed by atoms with E-state index < -0.39 is 0 Å². The van der Waals surface area contributed by atoms with Gasteiger partial charge in [-0.2, -0.15) is 0 Å². The summed E-state index contributed by atoms with van der Waals surface area (Å²) in [4.78, 5) is 18.5. The molecular weight excluding hydrogens is 294 g/mol. The molecule has 2 aromatic heterocycles. The number of nitrogen functional groups attached to an aromatic ring is 1. The lowest BCUT2D eigenvalue weighted by atomic mass is 9.85. The number of carbonyl (C=O) groups is 1. The van der Waals surface area contributed by atoms with Crippen molar-refractivity contribution in [3.05, 3.63) is 22.2 Å². The fourth-order valence-corrected chi connectivity index (χ4v) is 4.11. The minimum atomic E-state index is -0.0973. The number of nitrogens with zero attached hydrogens (tertiary/aromatic N) is 1. The van der Waals surface area contributed by atoms with E-state index in [0.717, 1.165) is 29.0 Å². The van der Waals surface area contributed by atoms with Crippen LogP contribution in [0, 0.1) is 5.92 Å². The van der Waals surface area contributed by atoms with Gasteiger partial charge in [0, 0.05) is 17.1 Å². The molecule has 2 aromatic rings. The van der Waals surface area contributed by atoms with Crippen LogP contribution < -0.4 is 11.1 Å². The van der Waals surface area contributed by atoms with Crippen LogP contribution in [0.5, 0.6) is 0 Å². The van der Waals surface area contributed by atoms with Crippen LogP contribution in [0.2, 0.25) is 0 Å². The molecule has 1 aliphatic rings. The van der Waals surface area contributed by atoms with Crippen LogP contribution in [-0.2, 0) is 12.8 Å². The maximum atomic E-state index is 12.3. The third-order valence-electron chi connectivity index (χ3n) is 4.39. The Hall–Kier alpha value is -1.62. The Morgan fingerprint density at radius 3 is 3.00 bits per heavy atom. The van der Waals surface area contributed by atoms with E-state index in [-0.39, 0.29) is 11.9 Å². The topological polar surface area (TPSA) is 68.0 Å². The summed E-state index contributed by atoms with van der Waals surface area (Å²) in [6, 6.07) is 2.26. The zero-order valence-electron chi connectivity index (χ0n) is 13.4. The summed E-state index contributed by atoms with van der Waals surface area (Å²) >= 11 is 1.41. The first-order valence-corrected chi connectivity index (χ1v) is 8.82. The van der Waals surface area contributed by atoms with E-state index in [4.69, 9.17) is 10.7 Å². The predicted molar refractivity (Wildman–Crippen MR) is 92.4 cm³/mol. The minimum absolute atomic E-state index is 0.0973. The second kappa shape index (κ2) is 5.88. The number of pyridine rings is 1. The molecule has 0 saturated carbocycles. The number of carbonyl (C=O) groups excluding carboxylic acids is 1. The van der Waals surface area contributed by atoms with E-state index in [2.05, 4.69) is 18.3 Å². The molecule has 22 heavy (non-hydrogen) atoms. The standard InChI is InChI=1S/C17H23N3OS/c1-4-10-5-6-13-11(7-10)8-12-14(18)15(22-17(12)20-13)16(21)19-9(2)3/h8-10H,4-7,18H2,1-3H3,(H,19,21)/t10-/m1/s1. The van der Waals surface area contributed by atoms with Crippen molar-refractivity contribution in [1.82, 2.24) is 10.3 Å². The van der Waals surface area contributed by atoms with Gasteiger partial charge in [-0.05, 0) is 50.7 Å². The second-order valence-corrected chi connectivity index (χ2v) is 7.44. The summed E-state index contributed by atoms with van der Waals surface area (Å²) in [7, 11) is 0. The van der Waals surface area contributed by atoms with Crippen LogP contribution in [0.25, 0.3) is 10.2 Å². The predicted octanol–water partition coefficient (Wildman–Crippen LogP) is 3.53. The van der Waals surface area contributed by atoms with E-state index >= 15 is 0 Å². The summed E-state index contributed by atoms with van der Waals surface area (Å²) in [5.41, 5.74) is 9.30. The molecule has 4 nitrogen and oxygen atoms in total. The number of amides is 1. The number of anilines is 1. The number of hydrogen-bond donors (Lipinski definition) is 2. The number of rotatable bonds is 3. The maximum Gasteiger partial charge on any atom is 0.263 e. The van der Waals surface area contributed by atoms with E-state index in [1.54, 1.807) is 0 Å². The minimum Gasteiger partial charge on any atom is -0.397 e. The first-order chi connectivity index (χ1) is 10.5. The Morgan fingerprint density at radius 1 is 1.55 bits per heavy atom. The van der Waals surface area contributed by atoms with Crippen LogP contribution in [0.3, 0.4) is 0 Å². The Kier molecular flexibility index (Phi) is 4.08. The van der Waals surface area contributed by atoms with Crippen molar-refractivity contribution in [3.8, 4) is 0 Å². The Labute approximate surface area is 135 Å². The molecule has 1 amide bonds. The zero-order valence-corrected chi connectivity index (χ0v) is 14.2. The summed E-state index contributed by atoms with van der Waals surface area (Å²) in [5, 5.41) is 3.85. The molecule has 0 aromatic carbocycles. The second-order valence-electron chi connectivity index (χ2n) is 6.44. The van der Waals surface area contributed by atoms with Gasteiger partial charge in [0.2, 0.25) is 0 Å². The number of nitrogens with two attached hydrogens (primary N) is 1. The molecule has 0 unspecified atom stereocenters. The SMILES string of the molecule is CC[C@@H]1CCc2nc3sc(C(=O)NC(C)C)c(N)c3cc2C1. The molecule has 0 radical (unpaired) electrons. The molecule has 0 saturated heterocycles. The third-order valence-corrected chi connectivity index (χ3v) is 5.50. The molecule has 0 aliphatic heterocycles. The molecule has 2 heterocycles. The summed E-state index contributed by atoms with van der Waals surface area (Å²) < 4.78 is 0. The Balaban J connectivity index is 2.02. The van der Waals surface area contributed by atoms with Crippen molar-refractivity contribution < 1.29 is 4.79 Å². The van der Waals surface area contributed by atoms with Crippen molar-refractivity contribution in [1.29, 1.82) is 0 Å². The molecular formula is C17H23N3OS. The lowest BCUT2D eigenvalue weighted by Crippen LogP contribution is -2.29. The van der Waals surface area contributed by atoms with Gasteiger partial charge in [0.05, 0.1) is 5.69 Å². The van der Waals surface area contributed by atoms with Crippen LogP contribution in [-0.4, -0.2) is 16.9 Å². The fourth-order valence-electron chi connectivity index (χ4n) is 3.11. The van der Waals surface area contributed by atoms with E-state index in [0.29, 0.717) is 10.6 Å². The van der Waals surface area contributed by atoms with Gasteiger partial charge < -0.3 is 11.1 Å². The van der Waals surface area contributed by atoms with Gasteiger partial charge in [-0.25, -0.2) is 4.98 Å². The number of hydrogen-bond acceptors (Lipinski definition) is 4. The lowest BCUT2D eigenvalue weighted by molar-refractivity contribution is 0.0948. The summed E-state index contributed by atoms with van der Waals surface area (Å²) in [5.74, 6) is 0.648. The van der Waals surface area contributed by atoms with Gasteiger partial charge in [-0.3, -0.25) is 4.79 Å². The number of aromatic nitrogens is 1. The van der Waals surface area contributed by atoms with Crippen LogP contribution >= 0.6 is 11.3 Å². The third kappa shape index (κ3) is 2.70. The Bertz CT molecular complexity index is 720. The largest absolute Gasteiger partial charge is 0.397 e. The molecule has 118 valence electrons. The number of fused-ring (bicyclic) bond motifs is 2. The van der Waals surface area contributed by atoms with Gasteiger partial charge in [0.15, 0.2) is 0 Å². The number of thiophene rings is 1. The molecule has 5 heteroatoms. The van der Waals surface area contributed by atoms with Crippen LogP contribution in [0.4, 0.5) is 5.69 Å². The molecule has 0 fully saturated rings. The fraction of sp³-hybridized carbons (Fsp3) is 0.529. The highest BCUT2D eigenvalue weighted by Crippen LogP contribution is 2.36. The van der Waals surface area contributed by atoms with Crippen molar-refractivity contribution in [2.45, 2.75) is 52.5 Å². The first-order valence-electron chi connectivity index (χ1n) is 8.01. The van der Waals surface area contributed by atoms with E-state index in [1.165, 1.54) is 35.4 Å². The highest BCUT2D eigenvalue weighted by molar-refractivity contribution is 7.21. The molecule has 3 N–H and O–H groups in total. The van der Waals surface area contributed by atoms with Gasteiger partial charge >= 0.3 is 0 Å². The summed E-state index contributed by atoms with van der Waals surface area (Å²) in [6.45, 7) is 6.14. The Morgan fingerprint density at radius 2 is 2.32 bits per heavy atom. The lowest BCUT2D eigenvalue weighted by Gasteiger charge is -2.22. The van der Waals surface area contributed by atoms with Gasteiger partial charge in [0.25, 0.3) is 5.91 Å². The van der Waals surface area contributed by atoms with Gasteiger partial charge in [0.1, 0.15) is 9.71 Å². The van der Waals surface area contributed by atoms with Crippen LogP contribution in [0.15, 0.2) is 6.07 Å². The van der Waals surface area contributed by atoms with Crippen molar-refractivity contribution in [2.24, 2.45) is 5.92 Å². The van der Waals surface area contributed by atoms with Crippen molar-refractivity contribution >= 4 is 33.1 Å². The normalized spacial score (nSPS) is 17.7. The van der Waals surface area contributed by atoms with Crippen molar-refractivity contribution in [2.75, 3.05) is 5.73 Å². The average molecular weight is 317 g/mol. The quantitative estimate of drug-likeness (QED) is 0.910. The monoisotopic (exact) mass is 317 g/mol. The molecule has 1 atom stereocenters. The molecule has 0 spiro atoms. The van der Waals surface area contributed by atoms with Gasteiger partial charge in [-0.1, -0.05) is 13.3 Å². The van der Waals surface area contributed by atoms with Crippen molar-refractivity contribution in [3.63, 3.8) is 0 Å². The zero-order chi connectivity index (χ0) is 15.9. The highest BCUT2D eigenvalue weighted by Gasteiger charge is 2.23. The smallest absolute Gasteiger partial charge is 0.263 e. The number of nitrogens with one attached hydrogen (secondary N) is 1. The molecule has 0 bridgehead atoms. The van der Waals surface area contributed by atoms with Crippen LogP contribution in [0.1, 0.15) is 54.5 Å². The van der Waals surface area contributed by atoms with E-state index in [1.807, 2.05) is 13.8 Å². The average Bonchev–Trinajstić information content (AvgIpc) is 2.80.